The van der Waals surface area contributed by atoms with Crippen LogP contribution in [-0.2, 0) is 10.0 Å². The molecule has 0 amide bonds. The van der Waals surface area contributed by atoms with Crippen molar-refractivity contribution in [3.05, 3.63) is 24.0 Å². The van der Waals surface area contributed by atoms with Gasteiger partial charge in [0.25, 0.3) is 0 Å². The number of nitrogens with zero attached hydrogens (tertiary/aromatic N) is 3. The molecule has 0 unspecified atom stereocenters. The molecule has 0 saturated carbocycles. The second-order valence-corrected chi connectivity index (χ2v) is 7.21. The molecule has 0 aliphatic carbocycles. The third kappa shape index (κ3) is 4.70. The van der Waals surface area contributed by atoms with Crippen LogP contribution in [0, 0.1) is 0 Å². The van der Waals surface area contributed by atoms with Gasteiger partial charge in [0.1, 0.15) is 15.6 Å². The van der Waals surface area contributed by atoms with E-state index in [4.69, 9.17) is 18.0 Å². The van der Waals surface area contributed by atoms with E-state index in [1.807, 2.05) is 25.9 Å². The van der Waals surface area contributed by atoms with Gasteiger partial charge in [0.2, 0.25) is 10.0 Å². The summed E-state index contributed by atoms with van der Waals surface area (Å²) in [4.78, 5) is 6.07. The number of rotatable bonds is 8. The number of pyridine rings is 1. The molecule has 1 rings (SSSR count). The molecule has 0 bridgehead atoms. The summed E-state index contributed by atoms with van der Waals surface area (Å²) in [5, 5.41) is 0. The summed E-state index contributed by atoms with van der Waals surface area (Å²) in [5.74, 6) is 0. The zero-order chi connectivity index (χ0) is 16.0. The van der Waals surface area contributed by atoms with Crippen molar-refractivity contribution in [2.75, 3.05) is 33.7 Å². The monoisotopic (exact) mass is 330 g/mol. The van der Waals surface area contributed by atoms with Crippen LogP contribution < -0.4 is 5.73 Å². The molecule has 0 aliphatic heterocycles. The van der Waals surface area contributed by atoms with Gasteiger partial charge >= 0.3 is 0 Å². The summed E-state index contributed by atoms with van der Waals surface area (Å²) in [6.45, 7) is 3.47. The minimum atomic E-state index is -3.64. The Morgan fingerprint density at radius 3 is 2.57 bits per heavy atom. The lowest BCUT2D eigenvalue weighted by Crippen LogP contribution is -2.34. The Morgan fingerprint density at radius 1 is 1.38 bits per heavy atom. The van der Waals surface area contributed by atoms with E-state index in [-0.39, 0.29) is 15.6 Å². The van der Waals surface area contributed by atoms with Gasteiger partial charge in [-0.1, -0.05) is 19.1 Å². The van der Waals surface area contributed by atoms with Gasteiger partial charge in [-0.2, -0.15) is 4.31 Å². The number of sulfonamides is 1. The lowest BCUT2D eigenvalue weighted by atomic mass is 10.3. The topological polar surface area (TPSA) is 79.5 Å². The van der Waals surface area contributed by atoms with Crippen molar-refractivity contribution < 1.29 is 8.42 Å². The number of aromatic nitrogens is 1. The minimum absolute atomic E-state index is 0.0153. The highest BCUT2D eigenvalue weighted by Gasteiger charge is 2.26. The van der Waals surface area contributed by atoms with Crippen LogP contribution in [0.4, 0.5) is 0 Å². The largest absolute Gasteiger partial charge is 0.388 e. The van der Waals surface area contributed by atoms with Crippen LogP contribution in [0.25, 0.3) is 0 Å². The van der Waals surface area contributed by atoms with E-state index < -0.39 is 10.0 Å². The second kappa shape index (κ2) is 7.79. The molecule has 0 aromatic carbocycles. The Balaban J connectivity index is 3.05. The molecule has 1 heterocycles. The average molecular weight is 330 g/mol. The van der Waals surface area contributed by atoms with E-state index in [0.717, 1.165) is 13.0 Å². The van der Waals surface area contributed by atoms with Gasteiger partial charge in [0.15, 0.2) is 0 Å². The van der Waals surface area contributed by atoms with Crippen molar-refractivity contribution in [2.24, 2.45) is 5.73 Å². The van der Waals surface area contributed by atoms with Gasteiger partial charge in [-0.05, 0) is 39.2 Å². The van der Waals surface area contributed by atoms with E-state index in [9.17, 15) is 8.42 Å². The molecule has 0 aliphatic rings. The van der Waals surface area contributed by atoms with Crippen molar-refractivity contribution >= 4 is 27.2 Å². The van der Waals surface area contributed by atoms with E-state index in [2.05, 4.69) is 4.98 Å². The van der Waals surface area contributed by atoms with Crippen molar-refractivity contribution in [3.8, 4) is 0 Å². The fourth-order valence-electron chi connectivity index (χ4n) is 1.93. The molecule has 21 heavy (non-hydrogen) atoms. The Labute approximate surface area is 132 Å². The molecule has 0 atom stereocenters. The highest BCUT2D eigenvalue weighted by atomic mass is 32.2. The standard InChI is InChI=1S/C13H22N4O2S2/c1-4-17(10-6-9-16(2)3)21(18,19)11-7-5-8-15-12(11)13(14)20/h5,7-8H,4,6,9-10H2,1-3H3,(H2,14,20). The molecule has 118 valence electrons. The first-order chi connectivity index (χ1) is 9.80. The summed E-state index contributed by atoms with van der Waals surface area (Å²) in [6.07, 6.45) is 2.23. The first kappa shape index (κ1) is 18.0. The maximum atomic E-state index is 12.7. The molecule has 6 nitrogen and oxygen atoms in total. The van der Waals surface area contributed by atoms with E-state index in [1.165, 1.54) is 16.6 Å². The van der Waals surface area contributed by atoms with Crippen LogP contribution in [-0.4, -0.2) is 61.3 Å². The normalized spacial score (nSPS) is 12.0. The van der Waals surface area contributed by atoms with Crippen molar-refractivity contribution in [2.45, 2.75) is 18.2 Å². The fourth-order valence-corrected chi connectivity index (χ4v) is 3.81. The lowest BCUT2D eigenvalue weighted by Gasteiger charge is -2.22. The van der Waals surface area contributed by atoms with Crippen LogP contribution in [0.1, 0.15) is 19.0 Å². The quantitative estimate of drug-likeness (QED) is 0.706. The van der Waals surface area contributed by atoms with E-state index in [0.29, 0.717) is 13.1 Å². The van der Waals surface area contributed by atoms with Gasteiger partial charge < -0.3 is 10.6 Å². The average Bonchev–Trinajstić information content (AvgIpc) is 2.43. The minimum Gasteiger partial charge on any atom is -0.388 e. The van der Waals surface area contributed by atoms with Crippen LogP contribution in [0.5, 0.6) is 0 Å². The Morgan fingerprint density at radius 2 is 2.05 bits per heavy atom. The van der Waals surface area contributed by atoms with E-state index in [1.54, 1.807) is 6.07 Å². The summed E-state index contributed by atoms with van der Waals surface area (Å²) >= 11 is 4.89. The summed E-state index contributed by atoms with van der Waals surface area (Å²) in [6, 6.07) is 3.06. The molecule has 1 aromatic heterocycles. The van der Waals surface area contributed by atoms with Gasteiger partial charge in [-0.15, -0.1) is 0 Å². The summed E-state index contributed by atoms with van der Waals surface area (Å²) < 4.78 is 26.9. The zero-order valence-corrected chi connectivity index (χ0v) is 14.2. The predicted molar refractivity (Wildman–Crippen MR) is 87.7 cm³/mol. The number of thiocarbonyl (C=S) groups is 1. The maximum Gasteiger partial charge on any atom is 0.245 e. The maximum absolute atomic E-state index is 12.7. The molecular weight excluding hydrogens is 308 g/mol. The molecule has 2 N–H and O–H groups in total. The Bertz CT molecular complexity index is 588. The number of hydrogen-bond acceptors (Lipinski definition) is 5. The summed E-state index contributed by atoms with van der Waals surface area (Å²) in [5.41, 5.74) is 5.72. The smallest absolute Gasteiger partial charge is 0.245 e. The van der Waals surface area contributed by atoms with Gasteiger partial charge in [-0.3, -0.25) is 4.98 Å². The molecular formula is C13H22N4O2S2. The van der Waals surface area contributed by atoms with Crippen LogP contribution >= 0.6 is 12.2 Å². The van der Waals surface area contributed by atoms with Gasteiger partial charge in [-0.25, -0.2) is 8.42 Å². The predicted octanol–water partition coefficient (Wildman–Crippen LogP) is 0.678. The first-order valence-electron chi connectivity index (χ1n) is 6.70. The zero-order valence-electron chi connectivity index (χ0n) is 12.6. The fraction of sp³-hybridized carbons (Fsp3) is 0.538. The highest BCUT2D eigenvalue weighted by molar-refractivity contribution is 7.89. The van der Waals surface area contributed by atoms with Gasteiger partial charge in [0, 0.05) is 19.3 Å². The van der Waals surface area contributed by atoms with Crippen molar-refractivity contribution in [1.29, 1.82) is 0 Å². The van der Waals surface area contributed by atoms with Gasteiger partial charge in [0.05, 0.1) is 0 Å². The third-order valence-corrected chi connectivity index (χ3v) is 5.19. The first-order valence-corrected chi connectivity index (χ1v) is 8.55. The van der Waals surface area contributed by atoms with E-state index >= 15 is 0 Å². The highest BCUT2D eigenvalue weighted by Crippen LogP contribution is 2.18. The van der Waals surface area contributed by atoms with Crippen LogP contribution in [0.15, 0.2) is 23.2 Å². The molecule has 0 spiro atoms. The molecule has 8 heteroatoms. The van der Waals surface area contributed by atoms with Crippen molar-refractivity contribution in [3.63, 3.8) is 0 Å². The van der Waals surface area contributed by atoms with Crippen LogP contribution in [0.2, 0.25) is 0 Å². The van der Waals surface area contributed by atoms with Crippen molar-refractivity contribution in [1.82, 2.24) is 14.2 Å². The molecule has 1 aromatic rings. The Hall–Kier alpha value is -1.09. The Kier molecular flexibility index (Phi) is 6.66. The number of hydrogen-bond donors (Lipinski definition) is 1. The molecule has 0 radical (unpaired) electrons. The molecule has 0 fully saturated rings. The molecule has 0 saturated heterocycles. The number of nitrogens with two attached hydrogens (primary N) is 1. The SMILES string of the molecule is CCN(CCCN(C)C)S(=O)(=O)c1cccnc1C(N)=S. The lowest BCUT2D eigenvalue weighted by molar-refractivity contribution is 0.356. The third-order valence-electron chi connectivity index (χ3n) is 2.99. The summed E-state index contributed by atoms with van der Waals surface area (Å²) in [7, 11) is 0.271. The second-order valence-electron chi connectivity index (χ2n) is 4.87. The van der Waals surface area contributed by atoms with Crippen LogP contribution in [0.3, 0.4) is 0 Å².